The number of hydrogen-bond donors (Lipinski definition) is 1. The van der Waals surface area contributed by atoms with E-state index in [-0.39, 0.29) is 23.5 Å². The first-order valence-corrected chi connectivity index (χ1v) is 10.1. The molecule has 1 aromatic rings. The molecular weight excluding hydrogens is 306 g/mol. The van der Waals surface area contributed by atoms with Crippen molar-refractivity contribution in [3.63, 3.8) is 0 Å². The number of nitrogens with one attached hydrogen (secondary N) is 1. The van der Waals surface area contributed by atoms with E-state index in [4.69, 9.17) is 0 Å². The van der Waals surface area contributed by atoms with Crippen LogP contribution in [0, 0.1) is 0 Å². The standard InChI is InChI=1S/C15H21NO3S2/c17-15(16-14-8-10-21(18,19)12-14)11-20-9-4-7-13-5-2-1-3-6-13/h1-3,5-6,14H,4,7-12H2,(H,16,17)/t14-/m1/s1. The summed E-state index contributed by atoms with van der Waals surface area (Å²) >= 11 is 1.60. The molecule has 1 aliphatic heterocycles. The molecule has 2 rings (SSSR count). The van der Waals surface area contributed by atoms with Gasteiger partial charge in [0, 0.05) is 6.04 Å². The molecule has 21 heavy (non-hydrogen) atoms. The molecule has 1 N–H and O–H groups in total. The third-order valence-corrected chi connectivity index (χ3v) is 6.24. The largest absolute Gasteiger partial charge is 0.352 e. The number of rotatable bonds is 7. The lowest BCUT2D eigenvalue weighted by Gasteiger charge is -2.10. The predicted octanol–water partition coefficient (Wildman–Crippen LogP) is 1.66. The van der Waals surface area contributed by atoms with E-state index in [2.05, 4.69) is 17.4 Å². The molecule has 1 fully saturated rings. The molecular formula is C15H21NO3S2. The molecule has 1 atom stereocenters. The van der Waals surface area contributed by atoms with Crippen LogP contribution >= 0.6 is 11.8 Å². The minimum Gasteiger partial charge on any atom is -0.352 e. The summed E-state index contributed by atoms with van der Waals surface area (Å²) in [7, 11) is -2.92. The van der Waals surface area contributed by atoms with Gasteiger partial charge in [-0.2, -0.15) is 11.8 Å². The van der Waals surface area contributed by atoms with E-state index in [0.29, 0.717) is 12.2 Å². The smallest absolute Gasteiger partial charge is 0.230 e. The summed E-state index contributed by atoms with van der Waals surface area (Å²) in [4.78, 5) is 11.7. The molecule has 0 aliphatic carbocycles. The number of benzene rings is 1. The van der Waals surface area contributed by atoms with E-state index in [9.17, 15) is 13.2 Å². The van der Waals surface area contributed by atoms with Crippen LogP contribution in [0.5, 0.6) is 0 Å². The summed E-state index contributed by atoms with van der Waals surface area (Å²) in [6, 6.07) is 10.1. The van der Waals surface area contributed by atoms with Crippen LogP contribution in [0.4, 0.5) is 0 Å². The number of carbonyl (C=O) groups excluding carboxylic acids is 1. The minimum atomic E-state index is -2.92. The Morgan fingerprint density at radius 2 is 2.05 bits per heavy atom. The van der Waals surface area contributed by atoms with Gasteiger partial charge < -0.3 is 5.32 Å². The summed E-state index contributed by atoms with van der Waals surface area (Å²) in [5.41, 5.74) is 1.32. The van der Waals surface area contributed by atoms with Crippen molar-refractivity contribution < 1.29 is 13.2 Å². The molecule has 6 heteroatoms. The molecule has 116 valence electrons. The Morgan fingerprint density at radius 3 is 2.71 bits per heavy atom. The summed E-state index contributed by atoms with van der Waals surface area (Å²) in [6.07, 6.45) is 2.61. The Hall–Kier alpha value is -1.01. The highest BCUT2D eigenvalue weighted by Gasteiger charge is 2.28. The van der Waals surface area contributed by atoms with Gasteiger partial charge in [0.15, 0.2) is 9.84 Å². The van der Waals surface area contributed by atoms with Gasteiger partial charge in [0.2, 0.25) is 5.91 Å². The second-order valence-electron chi connectivity index (χ2n) is 5.31. The number of carbonyl (C=O) groups is 1. The van der Waals surface area contributed by atoms with Crippen LogP contribution in [0.3, 0.4) is 0 Å². The zero-order chi connectivity index (χ0) is 15.1. The predicted molar refractivity (Wildman–Crippen MR) is 87.3 cm³/mol. The third kappa shape index (κ3) is 6.09. The topological polar surface area (TPSA) is 63.2 Å². The van der Waals surface area contributed by atoms with Crippen molar-refractivity contribution in [1.29, 1.82) is 0 Å². The Morgan fingerprint density at radius 1 is 1.29 bits per heavy atom. The maximum absolute atomic E-state index is 11.7. The van der Waals surface area contributed by atoms with E-state index >= 15 is 0 Å². The van der Waals surface area contributed by atoms with E-state index in [1.807, 2.05) is 18.2 Å². The Bertz CT molecular complexity index is 558. The van der Waals surface area contributed by atoms with Crippen LogP contribution in [0.15, 0.2) is 30.3 Å². The molecule has 0 aromatic heterocycles. The fourth-order valence-corrected chi connectivity index (χ4v) is 4.80. The van der Waals surface area contributed by atoms with E-state index < -0.39 is 9.84 Å². The minimum absolute atomic E-state index is 0.0539. The normalized spacial score (nSPS) is 20.3. The molecule has 1 heterocycles. The van der Waals surface area contributed by atoms with Gasteiger partial charge in [-0.25, -0.2) is 8.42 Å². The Labute approximate surface area is 130 Å². The third-order valence-electron chi connectivity index (χ3n) is 3.43. The molecule has 1 aliphatic rings. The van der Waals surface area contributed by atoms with Crippen LogP contribution in [-0.4, -0.2) is 43.4 Å². The van der Waals surface area contributed by atoms with Gasteiger partial charge in [-0.05, 0) is 30.6 Å². The second-order valence-corrected chi connectivity index (χ2v) is 8.64. The van der Waals surface area contributed by atoms with Crippen LogP contribution in [-0.2, 0) is 21.1 Å². The number of aryl methyl sites for hydroxylation is 1. The Kier molecular flexibility index (Phi) is 6.11. The average Bonchev–Trinajstić information content (AvgIpc) is 2.78. The van der Waals surface area contributed by atoms with Gasteiger partial charge in [-0.3, -0.25) is 4.79 Å². The molecule has 0 bridgehead atoms. The van der Waals surface area contributed by atoms with E-state index in [1.165, 1.54) is 5.56 Å². The van der Waals surface area contributed by atoms with Crippen LogP contribution in [0.1, 0.15) is 18.4 Å². The fourth-order valence-electron chi connectivity index (χ4n) is 2.37. The van der Waals surface area contributed by atoms with Gasteiger partial charge >= 0.3 is 0 Å². The average molecular weight is 327 g/mol. The molecule has 1 aromatic carbocycles. The van der Waals surface area contributed by atoms with Crippen LogP contribution in [0.25, 0.3) is 0 Å². The SMILES string of the molecule is O=C(CSCCCc1ccccc1)N[C@@H]1CCS(=O)(=O)C1. The van der Waals surface area contributed by atoms with Crippen molar-refractivity contribution in [2.24, 2.45) is 0 Å². The van der Waals surface area contributed by atoms with Gasteiger partial charge in [0.1, 0.15) is 0 Å². The zero-order valence-electron chi connectivity index (χ0n) is 12.0. The van der Waals surface area contributed by atoms with E-state index in [1.54, 1.807) is 11.8 Å². The second kappa shape index (κ2) is 7.84. The number of sulfone groups is 1. The van der Waals surface area contributed by atoms with Gasteiger partial charge in [-0.1, -0.05) is 30.3 Å². The zero-order valence-corrected chi connectivity index (χ0v) is 13.6. The maximum atomic E-state index is 11.7. The van der Waals surface area contributed by atoms with Crippen molar-refractivity contribution in [2.75, 3.05) is 23.0 Å². The molecule has 4 nitrogen and oxygen atoms in total. The first kappa shape index (κ1) is 16.4. The molecule has 0 unspecified atom stereocenters. The van der Waals surface area contributed by atoms with Crippen LogP contribution < -0.4 is 5.32 Å². The van der Waals surface area contributed by atoms with Crippen molar-refractivity contribution >= 4 is 27.5 Å². The Balaban J connectivity index is 1.55. The van der Waals surface area contributed by atoms with Crippen molar-refractivity contribution in [3.8, 4) is 0 Å². The lowest BCUT2D eigenvalue weighted by Crippen LogP contribution is -2.36. The highest BCUT2D eigenvalue weighted by molar-refractivity contribution is 7.99. The summed E-state index contributed by atoms with van der Waals surface area (Å²) in [5, 5.41) is 2.80. The molecule has 1 amide bonds. The highest BCUT2D eigenvalue weighted by Crippen LogP contribution is 2.12. The summed E-state index contributed by atoms with van der Waals surface area (Å²) in [5.74, 6) is 1.58. The number of amides is 1. The first-order valence-electron chi connectivity index (χ1n) is 7.17. The van der Waals surface area contributed by atoms with Gasteiger partial charge in [0.05, 0.1) is 17.3 Å². The lowest BCUT2D eigenvalue weighted by atomic mass is 10.1. The molecule has 1 saturated heterocycles. The van der Waals surface area contributed by atoms with Gasteiger partial charge in [-0.15, -0.1) is 0 Å². The highest BCUT2D eigenvalue weighted by atomic mass is 32.2. The maximum Gasteiger partial charge on any atom is 0.230 e. The molecule has 0 spiro atoms. The van der Waals surface area contributed by atoms with E-state index in [0.717, 1.165) is 18.6 Å². The number of hydrogen-bond acceptors (Lipinski definition) is 4. The van der Waals surface area contributed by atoms with Crippen molar-refractivity contribution in [3.05, 3.63) is 35.9 Å². The fraction of sp³-hybridized carbons (Fsp3) is 0.533. The monoisotopic (exact) mass is 327 g/mol. The summed E-state index contributed by atoms with van der Waals surface area (Å²) in [6.45, 7) is 0. The number of thioether (sulfide) groups is 1. The van der Waals surface area contributed by atoms with Gasteiger partial charge in [0.25, 0.3) is 0 Å². The molecule has 0 radical (unpaired) electrons. The molecule has 0 saturated carbocycles. The van der Waals surface area contributed by atoms with Crippen molar-refractivity contribution in [2.45, 2.75) is 25.3 Å². The quantitative estimate of drug-likeness (QED) is 0.774. The van der Waals surface area contributed by atoms with Crippen LogP contribution in [0.2, 0.25) is 0 Å². The first-order chi connectivity index (χ1) is 10.1. The lowest BCUT2D eigenvalue weighted by molar-refractivity contribution is -0.119. The van der Waals surface area contributed by atoms with Crippen molar-refractivity contribution in [1.82, 2.24) is 5.32 Å². The summed E-state index contributed by atoms with van der Waals surface area (Å²) < 4.78 is 22.6.